The molecule has 0 saturated carbocycles. The van der Waals surface area contributed by atoms with E-state index in [1.54, 1.807) is 0 Å². The van der Waals surface area contributed by atoms with E-state index in [-0.39, 0.29) is 0 Å². The van der Waals surface area contributed by atoms with Crippen LogP contribution in [0, 0.1) is 0 Å². The van der Waals surface area contributed by atoms with E-state index in [0.717, 1.165) is 6.26 Å². The molecule has 1 rings (SSSR count). The molecule has 13 heavy (non-hydrogen) atoms. The standard InChI is InChI=1S/C7H13NO4S/c1-12-7(9)6-4-3-5-8(6)13(2,10)11/h6H,3-5H2,1-2H3/t6-/m0/s1. The van der Waals surface area contributed by atoms with Crippen molar-refractivity contribution < 1.29 is 17.9 Å². The monoisotopic (exact) mass is 207 g/mol. The molecule has 0 unspecified atom stereocenters. The van der Waals surface area contributed by atoms with Crippen molar-refractivity contribution in [3.63, 3.8) is 0 Å². The first-order valence-electron chi connectivity index (χ1n) is 4.01. The molecule has 0 aromatic rings. The summed E-state index contributed by atoms with van der Waals surface area (Å²) in [7, 11) is -2.01. The van der Waals surface area contributed by atoms with E-state index in [2.05, 4.69) is 4.74 Å². The summed E-state index contributed by atoms with van der Waals surface area (Å²) in [5.41, 5.74) is 0. The van der Waals surface area contributed by atoms with E-state index >= 15 is 0 Å². The fourth-order valence-electron chi connectivity index (χ4n) is 1.51. The third-order valence-electron chi connectivity index (χ3n) is 2.10. The minimum Gasteiger partial charge on any atom is -0.468 e. The number of hydrogen-bond acceptors (Lipinski definition) is 4. The molecule has 1 fully saturated rings. The Bertz CT molecular complexity index is 298. The molecule has 1 saturated heterocycles. The molecule has 6 heteroatoms. The number of carbonyl (C=O) groups excluding carboxylic acids is 1. The van der Waals surface area contributed by atoms with E-state index in [1.807, 2.05) is 0 Å². The molecule has 0 N–H and O–H groups in total. The number of esters is 1. The molecule has 1 heterocycles. The van der Waals surface area contributed by atoms with Crippen LogP contribution in [0.4, 0.5) is 0 Å². The van der Waals surface area contributed by atoms with Gasteiger partial charge in [0.25, 0.3) is 0 Å². The van der Waals surface area contributed by atoms with Crippen LogP contribution >= 0.6 is 0 Å². The smallest absolute Gasteiger partial charge is 0.324 e. The van der Waals surface area contributed by atoms with Crippen molar-refractivity contribution in [2.75, 3.05) is 19.9 Å². The molecule has 0 aliphatic carbocycles. The summed E-state index contributed by atoms with van der Waals surface area (Å²) in [6, 6.07) is -0.611. The highest BCUT2D eigenvalue weighted by atomic mass is 32.2. The molecule has 1 aliphatic heterocycles. The second kappa shape index (κ2) is 3.63. The van der Waals surface area contributed by atoms with Gasteiger partial charge >= 0.3 is 5.97 Å². The SMILES string of the molecule is COC(=O)[C@@H]1CCCN1S(C)(=O)=O. The Morgan fingerprint density at radius 1 is 1.54 bits per heavy atom. The van der Waals surface area contributed by atoms with E-state index in [1.165, 1.54) is 11.4 Å². The van der Waals surface area contributed by atoms with Crippen molar-refractivity contribution in [3.8, 4) is 0 Å². The van der Waals surface area contributed by atoms with Gasteiger partial charge in [0.1, 0.15) is 6.04 Å². The normalized spacial score (nSPS) is 24.6. The molecule has 0 bridgehead atoms. The Kier molecular flexibility index (Phi) is 2.92. The Hall–Kier alpha value is -0.620. The predicted octanol–water partition coefficient (Wildman–Crippen LogP) is -0.417. The van der Waals surface area contributed by atoms with Gasteiger partial charge in [0, 0.05) is 6.54 Å². The van der Waals surface area contributed by atoms with Gasteiger partial charge in [-0.3, -0.25) is 4.79 Å². The summed E-state index contributed by atoms with van der Waals surface area (Å²) in [4.78, 5) is 11.1. The average Bonchev–Trinajstić information content (AvgIpc) is 2.49. The number of methoxy groups -OCH3 is 1. The average molecular weight is 207 g/mol. The third-order valence-corrected chi connectivity index (χ3v) is 3.39. The maximum Gasteiger partial charge on any atom is 0.324 e. The first-order chi connectivity index (χ1) is 5.96. The lowest BCUT2D eigenvalue weighted by Gasteiger charge is -2.19. The molecule has 1 aliphatic rings. The summed E-state index contributed by atoms with van der Waals surface area (Å²) >= 11 is 0. The van der Waals surface area contributed by atoms with Gasteiger partial charge < -0.3 is 4.74 Å². The zero-order valence-electron chi connectivity index (χ0n) is 7.69. The van der Waals surface area contributed by atoms with Crippen LogP contribution < -0.4 is 0 Å². The quantitative estimate of drug-likeness (QED) is 0.577. The Morgan fingerprint density at radius 3 is 2.62 bits per heavy atom. The van der Waals surface area contributed by atoms with Gasteiger partial charge in [0.15, 0.2) is 0 Å². The summed E-state index contributed by atoms with van der Waals surface area (Å²) in [5.74, 6) is -0.470. The minimum absolute atomic E-state index is 0.415. The first kappa shape index (κ1) is 10.5. The Morgan fingerprint density at radius 2 is 2.15 bits per heavy atom. The molecule has 0 radical (unpaired) electrons. The number of ether oxygens (including phenoxy) is 1. The van der Waals surface area contributed by atoms with Crippen LogP contribution in [0.3, 0.4) is 0 Å². The second-order valence-electron chi connectivity index (χ2n) is 3.05. The molecular weight excluding hydrogens is 194 g/mol. The van der Waals surface area contributed by atoms with E-state index in [0.29, 0.717) is 19.4 Å². The number of sulfonamides is 1. The lowest BCUT2D eigenvalue weighted by Crippen LogP contribution is -2.40. The highest BCUT2D eigenvalue weighted by Crippen LogP contribution is 2.20. The molecule has 0 spiro atoms. The van der Waals surface area contributed by atoms with Gasteiger partial charge in [0.05, 0.1) is 13.4 Å². The number of nitrogens with zero attached hydrogens (tertiary/aromatic N) is 1. The number of carbonyl (C=O) groups is 1. The van der Waals surface area contributed by atoms with Crippen molar-refractivity contribution >= 4 is 16.0 Å². The number of hydrogen-bond donors (Lipinski definition) is 0. The summed E-state index contributed by atoms with van der Waals surface area (Å²) < 4.78 is 28.1. The van der Waals surface area contributed by atoms with Gasteiger partial charge in [-0.1, -0.05) is 0 Å². The maximum absolute atomic E-state index is 11.2. The zero-order chi connectivity index (χ0) is 10.1. The molecular formula is C7H13NO4S. The number of rotatable bonds is 2. The first-order valence-corrected chi connectivity index (χ1v) is 5.86. The van der Waals surface area contributed by atoms with Crippen LogP contribution in [0.15, 0.2) is 0 Å². The van der Waals surface area contributed by atoms with Gasteiger partial charge in [-0.05, 0) is 12.8 Å². The summed E-state index contributed by atoms with van der Waals surface area (Å²) in [6.07, 6.45) is 2.38. The largest absolute Gasteiger partial charge is 0.468 e. The fraction of sp³-hybridized carbons (Fsp3) is 0.857. The fourth-order valence-corrected chi connectivity index (χ4v) is 2.62. The molecule has 0 aromatic heterocycles. The van der Waals surface area contributed by atoms with Crippen LogP contribution in [0.2, 0.25) is 0 Å². The molecule has 0 aromatic carbocycles. The molecule has 76 valence electrons. The minimum atomic E-state index is -3.27. The van der Waals surface area contributed by atoms with Crippen LogP contribution in [-0.2, 0) is 19.6 Å². The lowest BCUT2D eigenvalue weighted by atomic mass is 10.2. The van der Waals surface area contributed by atoms with Crippen LogP contribution in [0.5, 0.6) is 0 Å². The van der Waals surface area contributed by atoms with Gasteiger partial charge in [-0.25, -0.2) is 8.42 Å². The van der Waals surface area contributed by atoms with Crippen LogP contribution in [0.1, 0.15) is 12.8 Å². The van der Waals surface area contributed by atoms with Crippen molar-refractivity contribution in [3.05, 3.63) is 0 Å². The van der Waals surface area contributed by atoms with Gasteiger partial charge in [0.2, 0.25) is 10.0 Å². The highest BCUT2D eigenvalue weighted by molar-refractivity contribution is 7.88. The van der Waals surface area contributed by atoms with E-state index in [4.69, 9.17) is 0 Å². The molecule has 0 amide bonds. The topological polar surface area (TPSA) is 63.7 Å². The zero-order valence-corrected chi connectivity index (χ0v) is 8.50. The van der Waals surface area contributed by atoms with Crippen molar-refractivity contribution in [1.82, 2.24) is 4.31 Å². The lowest BCUT2D eigenvalue weighted by molar-refractivity contribution is -0.144. The Labute approximate surface area is 77.7 Å². The third kappa shape index (κ3) is 2.19. The van der Waals surface area contributed by atoms with Gasteiger partial charge in [-0.15, -0.1) is 0 Å². The van der Waals surface area contributed by atoms with Crippen LogP contribution in [0.25, 0.3) is 0 Å². The van der Waals surface area contributed by atoms with E-state index < -0.39 is 22.0 Å². The molecule has 5 nitrogen and oxygen atoms in total. The summed E-state index contributed by atoms with van der Waals surface area (Å²) in [6.45, 7) is 0.415. The van der Waals surface area contributed by atoms with Crippen molar-refractivity contribution in [2.24, 2.45) is 0 Å². The highest BCUT2D eigenvalue weighted by Gasteiger charge is 2.36. The van der Waals surface area contributed by atoms with E-state index in [9.17, 15) is 13.2 Å². The van der Waals surface area contributed by atoms with Crippen molar-refractivity contribution in [1.29, 1.82) is 0 Å². The van der Waals surface area contributed by atoms with Gasteiger partial charge in [-0.2, -0.15) is 4.31 Å². The second-order valence-corrected chi connectivity index (χ2v) is 4.99. The molecule has 1 atom stereocenters. The van der Waals surface area contributed by atoms with Crippen LogP contribution in [-0.4, -0.2) is 44.6 Å². The maximum atomic E-state index is 11.2. The predicted molar refractivity (Wildman–Crippen MR) is 46.6 cm³/mol. The van der Waals surface area contributed by atoms with Crippen molar-refractivity contribution in [2.45, 2.75) is 18.9 Å². The summed E-state index contributed by atoms with van der Waals surface area (Å²) in [5, 5.41) is 0. The Balaban J connectivity index is 2.82.